The van der Waals surface area contributed by atoms with Crippen LogP contribution in [-0.4, -0.2) is 34.4 Å². The van der Waals surface area contributed by atoms with Crippen molar-refractivity contribution in [3.8, 4) is 0 Å². The summed E-state index contributed by atoms with van der Waals surface area (Å²) in [5, 5.41) is 4.43. The van der Waals surface area contributed by atoms with Gasteiger partial charge in [-0.2, -0.15) is 5.10 Å². The molecule has 0 saturated carbocycles. The molecule has 0 amide bonds. The van der Waals surface area contributed by atoms with Crippen LogP contribution < -0.4 is 0 Å². The van der Waals surface area contributed by atoms with Gasteiger partial charge >= 0.3 is 0 Å². The molecule has 0 fully saturated rings. The fraction of sp³-hybridized carbons (Fsp3) is 0.471. The molecule has 0 N–H and O–H groups in total. The van der Waals surface area contributed by atoms with Gasteiger partial charge in [0.25, 0.3) is 0 Å². The van der Waals surface area contributed by atoms with E-state index < -0.39 is 0 Å². The SMILES string of the molecule is C=CCOC[C@H]1CN(Cc2ccc(C)o2)Cc2ccnn2C1. The van der Waals surface area contributed by atoms with Crippen molar-refractivity contribution >= 4 is 0 Å². The van der Waals surface area contributed by atoms with Crippen LogP contribution in [0, 0.1) is 12.8 Å². The van der Waals surface area contributed by atoms with Crippen molar-refractivity contribution in [1.29, 1.82) is 0 Å². The topological polar surface area (TPSA) is 43.4 Å². The predicted molar refractivity (Wildman–Crippen MR) is 84.3 cm³/mol. The minimum atomic E-state index is 0.414. The van der Waals surface area contributed by atoms with Gasteiger partial charge in [-0.1, -0.05) is 6.08 Å². The summed E-state index contributed by atoms with van der Waals surface area (Å²) in [4.78, 5) is 2.40. The van der Waals surface area contributed by atoms with Crippen LogP contribution in [0.25, 0.3) is 0 Å². The van der Waals surface area contributed by atoms with Gasteiger partial charge in [-0.15, -0.1) is 6.58 Å². The molecule has 118 valence electrons. The van der Waals surface area contributed by atoms with Gasteiger partial charge in [0.05, 0.1) is 25.5 Å². The first-order valence-electron chi connectivity index (χ1n) is 7.71. The molecule has 1 aliphatic heterocycles. The summed E-state index contributed by atoms with van der Waals surface area (Å²) in [6.45, 7) is 10.6. The molecule has 0 spiro atoms. The molecule has 0 saturated heterocycles. The van der Waals surface area contributed by atoms with Gasteiger partial charge in [-0.25, -0.2) is 0 Å². The zero-order chi connectivity index (χ0) is 15.4. The quantitative estimate of drug-likeness (QED) is 0.608. The Hall–Kier alpha value is -1.85. The fourth-order valence-corrected chi connectivity index (χ4v) is 2.95. The second-order valence-corrected chi connectivity index (χ2v) is 5.88. The Morgan fingerprint density at radius 2 is 2.32 bits per heavy atom. The zero-order valence-corrected chi connectivity index (χ0v) is 13.1. The van der Waals surface area contributed by atoms with Crippen molar-refractivity contribution < 1.29 is 9.15 Å². The average molecular weight is 301 g/mol. The Morgan fingerprint density at radius 1 is 1.41 bits per heavy atom. The highest BCUT2D eigenvalue weighted by Gasteiger charge is 2.23. The molecular weight excluding hydrogens is 278 g/mol. The molecule has 0 unspecified atom stereocenters. The molecule has 2 aromatic rings. The van der Waals surface area contributed by atoms with Crippen LogP contribution >= 0.6 is 0 Å². The van der Waals surface area contributed by atoms with E-state index in [2.05, 4.69) is 33.4 Å². The van der Waals surface area contributed by atoms with Gasteiger partial charge in [0.2, 0.25) is 0 Å². The minimum Gasteiger partial charge on any atom is -0.465 e. The number of rotatable bonds is 6. The molecule has 3 rings (SSSR count). The molecule has 0 aromatic carbocycles. The third-order valence-corrected chi connectivity index (χ3v) is 3.90. The van der Waals surface area contributed by atoms with Crippen LogP contribution in [-0.2, 0) is 24.4 Å². The number of fused-ring (bicyclic) bond motifs is 1. The van der Waals surface area contributed by atoms with Crippen LogP contribution in [0.15, 0.2) is 41.5 Å². The van der Waals surface area contributed by atoms with Gasteiger partial charge in [0, 0.05) is 31.7 Å². The third kappa shape index (κ3) is 3.67. The van der Waals surface area contributed by atoms with Gasteiger partial charge in [0.15, 0.2) is 0 Å². The Balaban J connectivity index is 1.70. The maximum absolute atomic E-state index is 5.72. The highest BCUT2D eigenvalue weighted by atomic mass is 16.5. The number of hydrogen-bond acceptors (Lipinski definition) is 4. The van der Waals surface area contributed by atoms with Gasteiger partial charge in [0.1, 0.15) is 11.5 Å². The van der Waals surface area contributed by atoms with E-state index in [9.17, 15) is 0 Å². The summed E-state index contributed by atoms with van der Waals surface area (Å²) < 4.78 is 13.5. The zero-order valence-electron chi connectivity index (χ0n) is 13.1. The average Bonchev–Trinajstić information content (AvgIpc) is 3.05. The summed E-state index contributed by atoms with van der Waals surface area (Å²) in [5.41, 5.74) is 1.24. The molecule has 1 atom stereocenters. The molecule has 22 heavy (non-hydrogen) atoms. The van der Waals surface area contributed by atoms with Crippen molar-refractivity contribution in [2.45, 2.75) is 26.6 Å². The first kappa shape index (κ1) is 15.1. The molecular formula is C17H23N3O2. The minimum absolute atomic E-state index is 0.414. The molecule has 0 bridgehead atoms. The summed E-state index contributed by atoms with van der Waals surface area (Å²) in [5.74, 6) is 2.38. The lowest BCUT2D eigenvalue weighted by Gasteiger charge is -2.22. The largest absolute Gasteiger partial charge is 0.465 e. The van der Waals surface area contributed by atoms with E-state index in [0.717, 1.165) is 44.3 Å². The highest BCUT2D eigenvalue weighted by molar-refractivity contribution is 5.07. The second kappa shape index (κ2) is 6.94. The maximum Gasteiger partial charge on any atom is 0.118 e. The molecule has 2 aromatic heterocycles. The monoisotopic (exact) mass is 301 g/mol. The van der Waals surface area contributed by atoms with Crippen molar-refractivity contribution in [1.82, 2.24) is 14.7 Å². The van der Waals surface area contributed by atoms with E-state index in [1.807, 2.05) is 19.2 Å². The smallest absolute Gasteiger partial charge is 0.118 e. The molecule has 5 heteroatoms. The molecule has 0 radical (unpaired) electrons. The normalized spacial score (nSPS) is 18.9. The molecule has 1 aliphatic rings. The van der Waals surface area contributed by atoms with Gasteiger partial charge in [-0.05, 0) is 25.1 Å². The number of aromatic nitrogens is 2. The number of aryl methyl sites for hydroxylation is 1. The van der Waals surface area contributed by atoms with Crippen LogP contribution in [0.2, 0.25) is 0 Å². The van der Waals surface area contributed by atoms with Gasteiger partial charge in [-0.3, -0.25) is 9.58 Å². The predicted octanol–water partition coefficient (Wildman–Crippen LogP) is 2.62. The van der Waals surface area contributed by atoms with Crippen molar-refractivity contribution in [3.05, 3.63) is 54.3 Å². The first-order chi connectivity index (χ1) is 10.7. The summed E-state index contributed by atoms with van der Waals surface area (Å²) >= 11 is 0. The van der Waals surface area contributed by atoms with E-state index >= 15 is 0 Å². The number of ether oxygens (including phenoxy) is 1. The third-order valence-electron chi connectivity index (χ3n) is 3.90. The maximum atomic E-state index is 5.72. The summed E-state index contributed by atoms with van der Waals surface area (Å²) in [7, 11) is 0. The number of hydrogen-bond donors (Lipinski definition) is 0. The molecule has 5 nitrogen and oxygen atoms in total. The van der Waals surface area contributed by atoms with Crippen molar-refractivity contribution in [3.63, 3.8) is 0 Å². The van der Waals surface area contributed by atoms with Crippen LogP contribution in [0.1, 0.15) is 17.2 Å². The van der Waals surface area contributed by atoms with Crippen LogP contribution in [0.4, 0.5) is 0 Å². The Labute approximate surface area is 131 Å². The molecule has 3 heterocycles. The lowest BCUT2D eigenvalue weighted by molar-refractivity contribution is 0.0913. The van der Waals surface area contributed by atoms with E-state index in [4.69, 9.17) is 9.15 Å². The summed E-state index contributed by atoms with van der Waals surface area (Å²) in [6, 6.07) is 6.16. The van der Waals surface area contributed by atoms with E-state index in [0.29, 0.717) is 12.5 Å². The Bertz CT molecular complexity index is 617. The van der Waals surface area contributed by atoms with Crippen LogP contribution in [0.5, 0.6) is 0 Å². The van der Waals surface area contributed by atoms with E-state index in [1.165, 1.54) is 5.69 Å². The fourth-order valence-electron chi connectivity index (χ4n) is 2.95. The van der Waals surface area contributed by atoms with Crippen molar-refractivity contribution in [2.24, 2.45) is 5.92 Å². The Kier molecular flexibility index (Phi) is 4.75. The number of nitrogens with zero attached hydrogens (tertiary/aromatic N) is 3. The highest BCUT2D eigenvalue weighted by Crippen LogP contribution is 2.19. The standard InChI is InChI=1S/C17H23N3O2/c1-3-8-21-13-15-9-19(12-17-5-4-14(2)22-17)11-16-6-7-18-20(16)10-15/h3-7,15H,1,8-13H2,2H3/t15-/m0/s1. The number of furan rings is 1. The Morgan fingerprint density at radius 3 is 3.09 bits per heavy atom. The van der Waals surface area contributed by atoms with E-state index in [1.54, 1.807) is 6.08 Å². The van der Waals surface area contributed by atoms with Crippen molar-refractivity contribution in [2.75, 3.05) is 19.8 Å². The van der Waals surface area contributed by atoms with E-state index in [-0.39, 0.29) is 0 Å². The first-order valence-corrected chi connectivity index (χ1v) is 7.71. The second-order valence-electron chi connectivity index (χ2n) is 5.88. The lowest BCUT2D eigenvalue weighted by Crippen LogP contribution is -2.30. The molecule has 0 aliphatic carbocycles. The summed E-state index contributed by atoms with van der Waals surface area (Å²) in [6.07, 6.45) is 3.66. The van der Waals surface area contributed by atoms with Crippen LogP contribution in [0.3, 0.4) is 0 Å². The van der Waals surface area contributed by atoms with Gasteiger partial charge < -0.3 is 9.15 Å². The lowest BCUT2D eigenvalue weighted by atomic mass is 10.1.